The fourth-order valence-corrected chi connectivity index (χ4v) is 6.90. The van der Waals surface area contributed by atoms with E-state index >= 15 is 0 Å². The van der Waals surface area contributed by atoms with E-state index in [2.05, 4.69) is 29.6 Å². The van der Waals surface area contributed by atoms with Crippen LogP contribution >= 0.6 is 0 Å². The number of phenolic OH excluding ortho intramolecular Hbond substituents is 1. The highest BCUT2D eigenvalue weighted by atomic mass is 32.2. The molecule has 5 rings (SSSR count). The molecule has 9 nitrogen and oxygen atoms in total. The Morgan fingerprint density at radius 1 is 1.00 bits per heavy atom. The van der Waals surface area contributed by atoms with Crippen LogP contribution in [-0.2, 0) is 29.1 Å². The molecule has 2 aromatic carbocycles. The number of hydrogen-bond donors (Lipinski definition) is 2. The third-order valence-electron chi connectivity index (χ3n) is 7.22. The highest BCUT2D eigenvalue weighted by Gasteiger charge is 2.57. The molecule has 0 amide bonds. The van der Waals surface area contributed by atoms with Gasteiger partial charge in [-0.15, -0.1) is 0 Å². The summed E-state index contributed by atoms with van der Waals surface area (Å²) in [5.41, 5.74) is 1.85. The summed E-state index contributed by atoms with van der Waals surface area (Å²) in [4.78, 5) is 29.4. The van der Waals surface area contributed by atoms with Crippen LogP contribution in [0.5, 0.6) is 5.75 Å². The smallest absolute Gasteiger partial charge is 0.310 e. The second-order valence-corrected chi connectivity index (χ2v) is 18.6. The summed E-state index contributed by atoms with van der Waals surface area (Å²) in [5.74, 6) is -4.08. The zero-order valence-electron chi connectivity index (χ0n) is 22.7. The largest absolute Gasteiger partial charge is 0.508 e. The highest BCUT2D eigenvalue weighted by molar-refractivity contribution is 7.89. The van der Waals surface area contributed by atoms with E-state index in [1.807, 2.05) is 6.92 Å². The number of ether oxygens (including phenoxy) is 2. The summed E-state index contributed by atoms with van der Waals surface area (Å²) in [6.07, 6.45) is 0.859. The van der Waals surface area contributed by atoms with Gasteiger partial charge in [0.2, 0.25) is 0 Å². The molecule has 0 radical (unpaired) electrons. The lowest BCUT2D eigenvalue weighted by Crippen LogP contribution is -2.51. The first kappa shape index (κ1) is 28.8. The molecule has 1 fully saturated rings. The molecule has 2 aromatic rings. The molecule has 4 atom stereocenters. The van der Waals surface area contributed by atoms with Gasteiger partial charge < -0.3 is 14.6 Å². The van der Waals surface area contributed by atoms with Gasteiger partial charge in [-0.1, -0.05) is 50.8 Å². The lowest BCUT2D eigenvalue weighted by molar-refractivity contribution is -0.163. The third-order valence-corrected chi connectivity index (χ3v) is 10.2. The van der Waals surface area contributed by atoms with Gasteiger partial charge >= 0.3 is 11.9 Å². The Morgan fingerprint density at radius 3 is 2.33 bits per heavy atom. The van der Waals surface area contributed by atoms with Crippen LogP contribution in [0.25, 0.3) is 0 Å². The van der Waals surface area contributed by atoms with Crippen molar-refractivity contribution in [2.75, 3.05) is 13.2 Å². The van der Waals surface area contributed by atoms with Crippen LogP contribution in [0.4, 0.5) is 0 Å². The maximum absolute atomic E-state index is 13.5. The first-order valence-corrected chi connectivity index (χ1v) is 18.4. The lowest BCUT2D eigenvalue weighted by Gasteiger charge is -2.47. The molecular weight excluding hydrogens is 536 g/mol. The number of phenols is 1. The van der Waals surface area contributed by atoms with Gasteiger partial charge in [0, 0.05) is 25.6 Å². The van der Waals surface area contributed by atoms with E-state index in [1.54, 1.807) is 36.4 Å². The van der Waals surface area contributed by atoms with Crippen molar-refractivity contribution in [1.29, 1.82) is 0 Å². The van der Waals surface area contributed by atoms with Crippen LogP contribution in [0.3, 0.4) is 0 Å². The number of carbonyl (C=O) groups excluding carboxylic acids is 2. The van der Waals surface area contributed by atoms with Crippen molar-refractivity contribution in [3.05, 3.63) is 59.7 Å². The predicted molar refractivity (Wildman–Crippen MR) is 150 cm³/mol. The summed E-state index contributed by atoms with van der Waals surface area (Å²) in [6.45, 7) is 8.91. The number of hydrazone groups is 1. The Balaban J connectivity index is 1.74. The Bertz CT molecular complexity index is 1360. The minimum absolute atomic E-state index is 0.000421. The summed E-state index contributed by atoms with van der Waals surface area (Å²) in [6, 6.07) is 13.5. The second kappa shape index (κ2) is 11.5. The maximum atomic E-state index is 13.5. The first-order valence-electron chi connectivity index (χ1n) is 13.2. The van der Waals surface area contributed by atoms with Gasteiger partial charge in [0.15, 0.2) is 0 Å². The van der Waals surface area contributed by atoms with Gasteiger partial charge in [-0.2, -0.15) is 13.5 Å². The standard InChI is InChI=1S/C28H36N2O7SSi/c1-5-13-36-28(33)26-24-21-16-18(31)11-12-20(21)22(25(26)27(32)37-14-15-39(2,3)4)17-23(24)29-30-38(34,35)19-9-7-6-8-10-19/h6-12,16,22,24-26,30-31H,5,13-15,17H2,1-4H3/b29-23+/t22?,24-,25-,26-/m1/s1. The van der Waals surface area contributed by atoms with E-state index in [4.69, 9.17) is 9.47 Å². The predicted octanol–water partition coefficient (Wildman–Crippen LogP) is 4.38. The van der Waals surface area contributed by atoms with Gasteiger partial charge in [0.1, 0.15) is 5.75 Å². The molecule has 0 aliphatic heterocycles. The molecule has 3 aliphatic carbocycles. The van der Waals surface area contributed by atoms with Crippen LogP contribution in [0.1, 0.15) is 42.7 Å². The fraction of sp³-hybridized carbons (Fsp3) is 0.464. The van der Waals surface area contributed by atoms with Gasteiger partial charge in [-0.05, 0) is 54.3 Å². The molecule has 210 valence electrons. The number of fused-ring (bicyclic) bond motifs is 2. The second-order valence-electron chi connectivity index (χ2n) is 11.3. The summed E-state index contributed by atoms with van der Waals surface area (Å²) < 4.78 is 37.0. The summed E-state index contributed by atoms with van der Waals surface area (Å²) >= 11 is 0. The van der Waals surface area contributed by atoms with Gasteiger partial charge in [-0.25, -0.2) is 4.83 Å². The summed E-state index contributed by atoms with van der Waals surface area (Å²) in [5, 5.41) is 14.6. The highest BCUT2D eigenvalue weighted by Crippen LogP contribution is 2.55. The maximum Gasteiger partial charge on any atom is 0.310 e. The quantitative estimate of drug-likeness (QED) is 0.245. The number of nitrogens with zero attached hydrogens (tertiary/aromatic N) is 1. The fourth-order valence-electron chi connectivity index (χ4n) is 5.32. The van der Waals surface area contributed by atoms with E-state index < -0.39 is 53.7 Å². The average Bonchev–Trinajstić information content (AvgIpc) is 2.89. The van der Waals surface area contributed by atoms with E-state index in [0.717, 1.165) is 11.6 Å². The van der Waals surface area contributed by atoms with Crippen molar-refractivity contribution in [2.45, 2.75) is 62.2 Å². The number of carbonyl (C=O) groups is 2. The first-order chi connectivity index (χ1) is 18.4. The molecule has 39 heavy (non-hydrogen) atoms. The van der Waals surface area contributed by atoms with E-state index in [0.29, 0.717) is 17.7 Å². The number of hydrogen-bond acceptors (Lipinski definition) is 8. The molecule has 0 heterocycles. The average molecular weight is 573 g/mol. The molecule has 0 spiro atoms. The molecule has 1 saturated carbocycles. The van der Waals surface area contributed by atoms with Crippen molar-refractivity contribution < 1.29 is 32.6 Å². The Hall–Kier alpha value is -3.18. The van der Waals surface area contributed by atoms with E-state index in [-0.39, 0.29) is 30.3 Å². The third kappa shape index (κ3) is 6.35. The van der Waals surface area contributed by atoms with E-state index in [1.165, 1.54) is 12.1 Å². The molecule has 0 saturated heterocycles. The molecule has 11 heteroatoms. The van der Waals surface area contributed by atoms with Crippen LogP contribution in [0.2, 0.25) is 25.7 Å². The van der Waals surface area contributed by atoms with Crippen molar-refractivity contribution in [2.24, 2.45) is 16.9 Å². The van der Waals surface area contributed by atoms with Crippen LogP contribution < -0.4 is 4.83 Å². The molecule has 0 aromatic heterocycles. The van der Waals surface area contributed by atoms with Gasteiger partial charge in [-0.3, -0.25) is 9.59 Å². The minimum Gasteiger partial charge on any atom is -0.508 e. The SMILES string of the molecule is CCCOC(=O)[C@H]1[C@H](C(=O)OCC[Si](C)(C)C)C2C/C(=N\NS(=O)(=O)c3ccccc3)[C@H]1c1cc(O)ccc12. The van der Waals surface area contributed by atoms with Crippen molar-refractivity contribution >= 4 is 35.7 Å². The van der Waals surface area contributed by atoms with Crippen LogP contribution in [-0.4, -0.2) is 52.5 Å². The summed E-state index contributed by atoms with van der Waals surface area (Å²) in [7, 11) is -5.42. The Labute approximate surface area is 230 Å². The zero-order chi connectivity index (χ0) is 28.4. The van der Waals surface area contributed by atoms with Crippen molar-refractivity contribution in [3.8, 4) is 5.75 Å². The minimum atomic E-state index is -3.96. The van der Waals surface area contributed by atoms with Crippen molar-refractivity contribution in [3.63, 3.8) is 0 Å². The van der Waals surface area contributed by atoms with Gasteiger partial charge in [0.05, 0.1) is 29.9 Å². The normalized spacial score (nSPS) is 23.2. The van der Waals surface area contributed by atoms with Gasteiger partial charge in [0.25, 0.3) is 10.0 Å². The molecule has 2 bridgehead atoms. The Kier molecular flexibility index (Phi) is 8.50. The number of rotatable bonds is 10. The number of nitrogens with one attached hydrogen (secondary N) is 1. The van der Waals surface area contributed by atoms with E-state index in [9.17, 15) is 23.1 Å². The lowest BCUT2D eigenvalue weighted by atomic mass is 9.55. The number of aromatic hydroxyl groups is 1. The molecule has 2 N–H and O–H groups in total. The topological polar surface area (TPSA) is 131 Å². The monoisotopic (exact) mass is 572 g/mol. The van der Waals surface area contributed by atoms with Crippen LogP contribution in [0.15, 0.2) is 58.5 Å². The molecule has 1 unspecified atom stereocenters. The number of esters is 2. The molecular formula is C28H36N2O7SSi. The van der Waals surface area contributed by atoms with Crippen molar-refractivity contribution in [1.82, 2.24) is 4.83 Å². The number of benzene rings is 2. The Morgan fingerprint density at radius 2 is 1.67 bits per heavy atom. The molecule has 3 aliphatic rings. The number of sulfonamides is 1. The van der Waals surface area contributed by atoms with Crippen LogP contribution in [0, 0.1) is 11.8 Å². The zero-order valence-corrected chi connectivity index (χ0v) is 24.5.